The lowest BCUT2D eigenvalue weighted by Crippen LogP contribution is -2.28. The lowest BCUT2D eigenvalue weighted by atomic mass is 10.3. The molecule has 0 unspecified atom stereocenters. The summed E-state index contributed by atoms with van der Waals surface area (Å²) in [5.74, 6) is 0. The minimum atomic E-state index is 0.683. The Morgan fingerprint density at radius 3 is 3.11 bits per heavy atom. The minimum Gasteiger partial charge on any atom is -0.303 e. The zero-order valence-corrected chi connectivity index (χ0v) is 5.93. The Bertz CT molecular complexity index is 101. The first-order valence-electron chi connectivity index (χ1n) is 3.40. The van der Waals surface area contributed by atoms with Crippen molar-refractivity contribution in [3.05, 3.63) is 12.7 Å². The Morgan fingerprint density at radius 1 is 1.89 bits per heavy atom. The van der Waals surface area contributed by atoms with Crippen LogP contribution in [0.4, 0.5) is 0 Å². The zero-order valence-electron chi connectivity index (χ0n) is 5.93. The van der Waals surface area contributed by atoms with Crippen molar-refractivity contribution in [1.29, 1.82) is 0 Å². The number of nitrogens with zero attached hydrogens (tertiary/aromatic N) is 1. The highest BCUT2D eigenvalue weighted by molar-refractivity contribution is 4.81. The molecule has 52 valence electrons. The van der Waals surface area contributed by atoms with E-state index in [0.29, 0.717) is 6.04 Å². The van der Waals surface area contributed by atoms with Gasteiger partial charge in [-0.25, -0.2) is 0 Å². The van der Waals surface area contributed by atoms with Gasteiger partial charge in [0, 0.05) is 25.8 Å². The Balaban J connectivity index is 2.30. The van der Waals surface area contributed by atoms with Crippen LogP contribution in [0.2, 0.25) is 0 Å². The highest BCUT2D eigenvalue weighted by Gasteiger charge is 2.16. The van der Waals surface area contributed by atoms with Crippen molar-refractivity contribution in [2.75, 3.05) is 19.8 Å². The van der Waals surface area contributed by atoms with Crippen LogP contribution in [0.1, 0.15) is 6.92 Å². The Kier molecular flexibility index (Phi) is 2.25. The molecule has 0 aromatic heterocycles. The Labute approximate surface area is 56.5 Å². The highest BCUT2D eigenvalue weighted by Crippen LogP contribution is 2.01. The van der Waals surface area contributed by atoms with Crippen LogP contribution >= 0.6 is 0 Å². The molecule has 2 nitrogen and oxygen atoms in total. The third-order valence-corrected chi connectivity index (χ3v) is 1.74. The maximum Gasteiger partial charge on any atom is 0.0487 e. The van der Waals surface area contributed by atoms with Gasteiger partial charge < -0.3 is 5.32 Å². The van der Waals surface area contributed by atoms with Crippen LogP contribution in [0.3, 0.4) is 0 Å². The average molecular weight is 126 g/mol. The molecule has 0 aliphatic carbocycles. The number of hydrogen-bond acceptors (Lipinski definition) is 2. The van der Waals surface area contributed by atoms with E-state index in [1.807, 2.05) is 6.08 Å². The molecule has 1 fully saturated rings. The van der Waals surface area contributed by atoms with Crippen LogP contribution < -0.4 is 5.32 Å². The van der Waals surface area contributed by atoms with Crippen molar-refractivity contribution in [3.63, 3.8) is 0 Å². The monoisotopic (exact) mass is 126 g/mol. The second kappa shape index (κ2) is 2.99. The van der Waals surface area contributed by atoms with Gasteiger partial charge in [0.05, 0.1) is 0 Å². The first kappa shape index (κ1) is 6.78. The molecule has 9 heavy (non-hydrogen) atoms. The molecule has 0 spiro atoms. The summed E-state index contributed by atoms with van der Waals surface area (Å²) in [7, 11) is 0. The van der Waals surface area contributed by atoms with Crippen LogP contribution in [0.15, 0.2) is 12.7 Å². The summed E-state index contributed by atoms with van der Waals surface area (Å²) in [5.41, 5.74) is 0. The Morgan fingerprint density at radius 2 is 2.67 bits per heavy atom. The maximum atomic E-state index is 3.69. The molecule has 1 aliphatic heterocycles. The first-order chi connectivity index (χ1) is 4.34. The number of rotatable bonds is 2. The first-order valence-corrected chi connectivity index (χ1v) is 3.40. The lowest BCUT2D eigenvalue weighted by molar-refractivity contribution is 0.301. The fraction of sp³-hybridized carbons (Fsp3) is 0.714. The van der Waals surface area contributed by atoms with Crippen molar-refractivity contribution >= 4 is 0 Å². The van der Waals surface area contributed by atoms with Crippen molar-refractivity contribution in [1.82, 2.24) is 10.2 Å². The van der Waals surface area contributed by atoms with Gasteiger partial charge in [0.25, 0.3) is 0 Å². The van der Waals surface area contributed by atoms with Gasteiger partial charge in [0.1, 0.15) is 0 Å². The van der Waals surface area contributed by atoms with E-state index in [9.17, 15) is 0 Å². The van der Waals surface area contributed by atoms with Crippen LogP contribution in [-0.2, 0) is 0 Å². The van der Waals surface area contributed by atoms with Crippen LogP contribution in [0.25, 0.3) is 0 Å². The van der Waals surface area contributed by atoms with Gasteiger partial charge in [-0.05, 0) is 6.92 Å². The molecule has 0 saturated carbocycles. The molecule has 0 amide bonds. The van der Waals surface area contributed by atoms with E-state index in [-0.39, 0.29) is 0 Å². The lowest BCUT2D eigenvalue weighted by Gasteiger charge is -2.16. The summed E-state index contributed by atoms with van der Waals surface area (Å²) in [5, 5.41) is 3.29. The normalized spacial score (nSPS) is 28.8. The smallest absolute Gasteiger partial charge is 0.0487 e. The summed E-state index contributed by atoms with van der Waals surface area (Å²) >= 11 is 0. The van der Waals surface area contributed by atoms with E-state index in [1.54, 1.807) is 0 Å². The molecule has 2 heteroatoms. The summed E-state index contributed by atoms with van der Waals surface area (Å²) in [6.07, 6.45) is 1.95. The largest absolute Gasteiger partial charge is 0.303 e. The second-order valence-corrected chi connectivity index (χ2v) is 2.52. The molecule has 1 saturated heterocycles. The van der Waals surface area contributed by atoms with Gasteiger partial charge >= 0.3 is 0 Å². The second-order valence-electron chi connectivity index (χ2n) is 2.52. The minimum absolute atomic E-state index is 0.683. The van der Waals surface area contributed by atoms with Crippen molar-refractivity contribution < 1.29 is 0 Å². The van der Waals surface area contributed by atoms with Gasteiger partial charge in [-0.2, -0.15) is 0 Å². The quantitative estimate of drug-likeness (QED) is 0.539. The Hall–Kier alpha value is -0.340. The third-order valence-electron chi connectivity index (χ3n) is 1.74. The molecular weight excluding hydrogens is 112 g/mol. The fourth-order valence-electron chi connectivity index (χ4n) is 1.11. The fourth-order valence-corrected chi connectivity index (χ4v) is 1.11. The molecule has 1 N–H and O–H groups in total. The molecule has 0 aromatic carbocycles. The van der Waals surface area contributed by atoms with E-state index >= 15 is 0 Å². The maximum absolute atomic E-state index is 3.69. The SMILES string of the molecule is C=CCN1CNC[C@@H]1C. The van der Waals surface area contributed by atoms with Crippen molar-refractivity contribution in [3.8, 4) is 0 Å². The van der Waals surface area contributed by atoms with Crippen LogP contribution in [0, 0.1) is 0 Å². The summed E-state index contributed by atoms with van der Waals surface area (Å²) < 4.78 is 0. The topological polar surface area (TPSA) is 15.3 Å². The molecule has 0 radical (unpaired) electrons. The molecule has 1 rings (SSSR count). The summed E-state index contributed by atoms with van der Waals surface area (Å²) in [6, 6.07) is 0.683. The van der Waals surface area contributed by atoms with E-state index in [4.69, 9.17) is 0 Å². The van der Waals surface area contributed by atoms with Gasteiger partial charge in [-0.3, -0.25) is 4.90 Å². The zero-order chi connectivity index (χ0) is 6.69. The van der Waals surface area contributed by atoms with Crippen LogP contribution in [0.5, 0.6) is 0 Å². The van der Waals surface area contributed by atoms with Gasteiger partial charge in [0.2, 0.25) is 0 Å². The van der Waals surface area contributed by atoms with Crippen molar-refractivity contribution in [2.45, 2.75) is 13.0 Å². The van der Waals surface area contributed by atoms with Crippen molar-refractivity contribution in [2.24, 2.45) is 0 Å². The number of hydrogen-bond donors (Lipinski definition) is 1. The summed E-state index contributed by atoms with van der Waals surface area (Å²) in [4.78, 5) is 2.35. The highest BCUT2D eigenvalue weighted by atomic mass is 15.3. The standard InChI is InChI=1S/C7H14N2/c1-3-4-9-6-8-5-7(9)2/h3,7-8H,1,4-6H2,2H3/t7-/m0/s1. The molecule has 0 aromatic rings. The third kappa shape index (κ3) is 1.53. The average Bonchev–Trinajstić information content (AvgIpc) is 2.18. The van der Waals surface area contributed by atoms with Gasteiger partial charge in [-0.15, -0.1) is 6.58 Å². The molecular formula is C7H14N2. The number of nitrogens with one attached hydrogen (secondary N) is 1. The van der Waals surface area contributed by atoms with Gasteiger partial charge in [-0.1, -0.05) is 6.08 Å². The van der Waals surface area contributed by atoms with Crippen LogP contribution in [-0.4, -0.2) is 30.7 Å². The van der Waals surface area contributed by atoms with E-state index < -0.39 is 0 Å². The molecule has 1 atom stereocenters. The van der Waals surface area contributed by atoms with E-state index in [1.165, 1.54) is 0 Å². The van der Waals surface area contributed by atoms with Gasteiger partial charge in [0.15, 0.2) is 0 Å². The van der Waals surface area contributed by atoms with E-state index in [0.717, 1.165) is 19.8 Å². The van der Waals surface area contributed by atoms with E-state index in [2.05, 4.69) is 23.7 Å². The molecule has 1 heterocycles. The molecule has 0 bridgehead atoms. The predicted octanol–water partition coefficient (Wildman–Crippen LogP) is 0.424. The molecule has 1 aliphatic rings. The predicted molar refractivity (Wildman–Crippen MR) is 39.2 cm³/mol. The summed E-state index contributed by atoms with van der Waals surface area (Å²) in [6.45, 7) is 9.06.